The predicted molar refractivity (Wildman–Crippen MR) is 84.9 cm³/mol. The van der Waals surface area contributed by atoms with Crippen molar-refractivity contribution in [2.45, 2.75) is 18.1 Å². The number of hydrogen-bond donors (Lipinski definition) is 0. The number of likely N-dealkylation sites (tertiary alicyclic amines) is 1. The fourth-order valence-electron chi connectivity index (χ4n) is 2.35. The second-order valence-electron chi connectivity index (χ2n) is 5.24. The lowest BCUT2D eigenvalue weighted by molar-refractivity contribution is -0.126. The second kappa shape index (κ2) is 6.62. The molecule has 1 aromatic rings. The molecule has 0 bridgehead atoms. The predicted octanol–water partition coefficient (Wildman–Crippen LogP) is 2.39. The fourth-order valence-corrected chi connectivity index (χ4v) is 3.54. The van der Waals surface area contributed by atoms with Crippen molar-refractivity contribution in [3.05, 3.63) is 40.9 Å². The first-order chi connectivity index (χ1) is 9.86. The molecule has 1 aliphatic rings. The highest BCUT2D eigenvalue weighted by molar-refractivity contribution is 7.91. The van der Waals surface area contributed by atoms with Gasteiger partial charge in [-0.1, -0.05) is 23.7 Å². The van der Waals surface area contributed by atoms with Crippen molar-refractivity contribution < 1.29 is 13.2 Å². The molecule has 114 valence electrons. The molecule has 21 heavy (non-hydrogen) atoms. The van der Waals surface area contributed by atoms with E-state index in [4.69, 9.17) is 11.6 Å². The number of halogens is 1. The maximum atomic E-state index is 12.1. The Hall–Kier alpha value is -1.33. The lowest BCUT2D eigenvalue weighted by atomic mass is 10.1. The summed E-state index contributed by atoms with van der Waals surface area (Å²) in [5.41, 5.74) is 0.902. The highest BCUT2D eigenvalue weighted by Gasteiger charge is 2.27. The molecule has 2 rings (SSSR count). The summed E-state index contributed by atoms with van der Waals surface area (Å²) in [6, 6.07) is 7.20. The van der Waals surface area contributed by atoms with Crippen LogP contribution in [0.5, 0.6) is 0 Å². The molecule has 0 unspecified atom stereocenters. The molecule has 0 radical (unpaired) electrons. The van der Waals surface area contributed by atoms with Crippen LogP contribution in [0, 0.1) is 0 Å². The van der Waals surface area contributed by atoms with Crippen molar-refractivity contribution in [3.8, 4) is 0 Å². The van der Waals surface area contributed by atoms with Gasteiger partial charge in [0, 0.05) is 30.4 Å². The molecule has 1 fully saturated rings. The van der Waals surface area contributed by atoms with Gasteiger partial charge in [-0.3, -0.25) is 4.79 Å². The number of hydrogen-bond acceptors (Lipinski definition) is 3. The highest BCUT2D eigenvalue weighted by Crippen LogP contribution is 2.17. The summed E-state index contributed by atoms with van der Waals surface area (Å²) in [5, 5.41) is 0.336. The van der Waals surface area contributed by atoms with Crippen molar-refractivity contribution >= 4 is 33.4 Å². The Morgan fingerprint density at radius 1 is 1.24 bits per heavy atom. The van der Waals surface area contributed by atoms with Crippen LogP contribution in [0.4, 0.5) is 0 Å². The molecular formula is C15H18ClNO3S. The van der Waals surface area contributed by atoms with Crippen LogP contribution in [0.25, 0.3) is 6.08 Å². The van der Waals surface area contributed by atoms with E-state index in [1.165, 1.54) is 12.3 Å². The zero-order valence-electron chi connectivity index (χ0n) is 11.8. The van der Waals surface area contributed by atoms with Gasteiger partial charge in [0.25, 0.3) is 0 Å². The third-order valence-corrected chi connectivity index (χ3v) is 5.58. The summed E-state index contributed by atoms with van der Waals surface area (Å²) < 4.78 is 22.9. The first kappa shape index (κ1) is 16.0. The summed E-state index contributed by atoms with van der Waals surface area (Å²) in [4.78, 5) is 13.7. The van der Waals surface area contributed by atoms with Crippen molar-refractivity contribution in [1.29, 1.82) is 0 Å². The van der Waals surface area contributed by atoms with Gasteiger partial charge in [-0.05, 0) is 36.6 Å². The smallest absolute Gasteiger partial charge is 0.246 e. The number of carbonyl (C=O) groups is 1. The van der Waals surface area contributed by atoms with E-state index in [9.17, 15) is 13.2 Å². The van der Waals surface area contributed by atoms with Gasteiger partial charge in [0.2, 0.25) is 5.91 Å². The van der Waals surface area contributed by atoms with E-state index in [1.807, 2.05) is 12.1 Å². The molecule has 0 aliphatic carbocycles. The van der Waals surface area contributed by atoms with E-state index in [0.29, 0.717) is 31.0 Å². The number of benzene rings is 1. The number of carbonyl (C=O) groups excluding carboxylic acids is 1. The Bertz CT molecular complexity index is 629. The van der Waals surface area contributed by atoms with Crippen molar-refractivity contribution in [3.63, 3.8) is 0 Å². The molecule has 1 amide bonds. The number of sulfone groups is 1. The Labute approximate surface area is 130 Å². The van der Waals surface area contributed by atoms with Crippen LogP contribution in [-0.4, -0.2) is 43.8 Å². The van der Waals surface area contributed by atoms with Crippen LogP contribution in [-0.2, 0) is 14.6 Å². The average molecular weight is 328 g/mol. The van der Waals surface area contributed by atoms with E-state index < -0.39 is 9.84 Å². The first-order valence-corrected chi connectivity index (χ1v) is 9.11. The lowest BCUT2D eigenvalue weighted by Gasteiger charge is -2.30. The first-order valence-electron chi connectivity index (χ1n) is 6.77. The third kappa shape index (κ3) is 4.58. The van der Waals surface area contributed by atoms with Gasteiger partial charge < -0.3 is 4.90 Å². The van der Waals surface area contributed by atoms with Crippen molar-refractivity contribution in [2.75, 3.05) is 19.3 Å². The van der Waals surface area contributed by atoms with Crippen LogP contribution < -0.4 is 0 Å². The molecular weight excluding hydrogens is 310 g/mol. The minimum absolute atomic E-state index is 0.0862. The van der Waals surface area contributed by atoms with Crippen LogP contribution in [0.2, 0.25) is 5.02 Å². The Morgan fingerprint density at radius 2 is 1.81 bits per heavy atom. The summed E-state index contributed by atoms with van der Waals surface area (Å²) in [6.45, 7) is 0.975. The van der Waals surface area contributed by atoms with Crippen molar-refractivity contribution in [1.82, 2.24) is 4.90 Å². The zero-order valence-corrected chi connectivity index (χ0v) is 13.4. The van der Waals surface area contributed by atoms with E-state index >= 15 is 0 Å². The van der Waals surface area contributed by atoms with E-state index in [1.54, 1.807) is 23.1 Å². The molecule has 1 aliphatic heterocycles. The Morgan fingerprint density at radius 3 is 2.33 bits per heavy atom. The Kier molecular flexibility index (Phi) is 5.06. The molecule has 0 saturated carbocycles. The molecule has 0 spiro atoms. The largest absolute Gasteiger partial charge is 0.339 e. The maximum absolute atomic E-state index is 12.1. The van der Waals surface area contributed by atoms with Crippen LogP contribution >= 0.6 is 11.6 Å². The number of nitrogens with zero attached hydrogens (tertiary/aromatic N) is 1. The molecule has 1 aromatic carbocycles. The maximum Gasteiger partial charge on any atom is 0.246 e. The standard InChI is InChI=1S/C15H18ClNO3S/c1-21(19,20)14-8-10-17(11-9-14)15(18)7-4-12-2-5-13(16)6-3-12/h2-7,14H,8-11H2,1H3/b7-4+. The molecule has 6 heteroatoms. The van der Waals surface area contributed by atoms with Crippen molar-refractivity contribution in [2.24, 2.45) is 0 Å². The van der Waals surface area contributed by atoms with Gasteiger partial charge in [-0.25, -0.2) is 8.42 Å². The topological polar surface area (TPSA) is 54.5 Å². The second-order valence-corrected chi connectivity index (χ2v) is 8.00. The summed E-state index contributed by atoms with van der Waals surface area (Å²) in [6.07, 6.45) is 5.54. The third-order valence-electron chi connectivity index (χ3n) is 3.65. The van der Waals surface area contributed by atoms with Crippen LogP contribution in [0.1, 0.15) is 18.4 Å². The van der Waals surface area contributed by atoms with E-state index in [-0.39, 0.29) is 11.2 Å². The number of amides is 1. The molecule has 0 N–H and O–H groups in total. The minimum atomic E-state index is -3.00. The van der Waals surface area contributed by atoms with Gasteiger partial charge in [0.15, 0.2) is 0 Å². The number of piperidine rings is 1. The number of rotatable bonds is 3. The fraction of sp³-hybridized carbons (Fsp3) is 0.400. The van der Waals surface area contributed by atoms with Gasteiger partial charge in [-0.15, -0.1) is 0 Å². The van der Waals surface area contributed by atoms with Gasteiger partial charge >= 0.3 is 0 Å². The SMILES string of the molecule is CS(=O)(=O)C1CCN(C(=O)/C=C/c2ccc(Cl)cc2)CC1. The van der Waals surface area contributed by atoms with Crippen LogP contribution in [0.3, 0.4) is 0 Å². The van der Waals surface area contributed by atoms with Gasteiger partial charge in [-0.2, -0.15) is 0 Å². The Balaban J connectivity index is 1.92. The summed E-state index contributed by atoms with van der Waals surface area (Å²) >= 11 is 5.80. The van der Waals surface area contributed by atoms with E-state index in [2.05, 4.69) is 0 Å². The van der Waals surface area contributed by atoms with Gasteiger partial charge in [0.05, 0.1) is 5.25 Å². The normalized spacial score (nSPS) is 17.3. The summed E-state index contributed by atoms with van der Waals surface area (Å²) in [7, 11) is -3.00. The minimum Gasteiger partial charge on any atom is -0.339 e. The average Bonchev–Trinajstić information content (AvgIpc) is 2.45. The van der Waals surface area contributed by atoms with Gasteiger partial charge in [0.1, 0.15) is 9.84 Å². The molecule has 1 saturated heterocycles. The zero-order chi connectivity index (χ0) is 15.5. The monoisotopic (exact) mass is 327 g/mol. The van der Waals surface area contributed by atoms with E-state index in [0.717, 1.165) is 5.56 Å². The summed E-state index contributed by atoms with van der Waals surface area (Å²) in [5.74, 6) is -0.0862. The molecule has 4 nitrogen and oxygen atoms in total. The quantitative estimate of drug-likeness (QED) is 0.801. The molecule has 0 atom stereocenters. The highest BCUT2D eigenvalue weighted by atomic mass is 35.5. The van der Waals surface area contributed by atoms with Crippen LogP contribution in [0.15, 0.2) is 30.3 Å². The lowest BCUT2D eigenvalue weighted by Crippen LogP contribution is -2.41. The molecule has 1 heterocycles. The molecule has 0 aromatic heterocycles.